The molecule has 1 aromatic carbocycles. The minimum atomic E-state index is -0.500. The van der Waals surface area contributed by atoms with Gasteiger partial charge in [-0.3, -0.25) is 9.59 Å². The lowest BCUT2D eigenvalue weighted by Crippen LogP contribution is -2.56. The number of piperidine rings is 1. The van der Waals surface area contributed by atoms with Gasteiger partial charge in [0, 0.05) is 23.0 Å². The van der Waals surface area contributed by atoms with E-state index in [9.17, 15) is 9.59 Å². The monoisotopic (exact) mass is 446 g/mol. The number of nitrogens with zero attached hydrogens (tertiary/aromatic N) is 1. The van der Waals surface area contributed by atoms with Crippen molar-refractivity contribution in [1.29, 1.82) is 0 Å². The van der Waals surface area contributed by atoms with Crippen molar-refractivity contribution >= 4 is 34.8 Å². The third kappa shape index (κ3) is 5.44. The Morgan fingerprint density at radius 2 is 1.93 bits per heavy atom. The maximum Gasteiger partial charge on any atom is 0.245 e. The number of amides is 2. The highest BCUT2D eigenvalue weighted by atomic mass is 35.5. The van der Waals surface area contributed by atoms with Gasteiger partial charge < -0.3 is 10.2 Å². The summed E-state index contributed by atoms with van der Waals surface area (Å²) in [6.45, 7) is 9.76. The molecule has 1 aliphatic heterocycles. The predicted octanol–water partition coefficient (Wildman–Crippen LogP) is 5.13. The summed E-state index contributed by atoms with van der Waals surface area (Å²) >= 11 is 7.61. The molecule has 1 fully saturated rings. The first-order valence-corrected chi connectivity index (χ1v) is 11.8. The zero-order valence-corrected chi connectivity index (χ0v) is 19.7. The van der Waals surface area contributed by atoms with Crippen LogP contribution in [-0.2, 0) is 16.0 Å². The van der Waals surface area contributed by atoms with Crippen LogP contribution in [0.5, 0.6) is 0 Å². The average Bonchev–Trinajstić information content (AvgIpc) is 3.18. The maximum absolute atomic E-state index is 13.3. The van der Waals surface area contributed by atoms with Crippen LogP contribution >= 0.6 is 22.9 Å². The number of hydrogen-bond acceptors (Lipinski definition) is 3. The highest BCUT2D eigenvalue weighted by molar-refractivity contribution is 7.10. The van der Waals surface area contributed by atoms with E-state index in [2.05, 4.69) is 31.3 Å². The van der Waals surface area contributed by atoms with Crippen molar-refractivity contribution in [2.75, 3.05) is 13.1 Å². The summed E-state index contributed by atoms with van der Waals surface area (Å²) in [6.07, 6.45) is 1.21. The van der Waals surface area contributed by atoms with Crippen molar-refractivity contribution in [1.82, 2.24) is 10.2 Å². The molecule has 6 heteroatoms. The molecule has 2 amide bonds. The number of carbonyl (C=O) groups excluding carboxylic acids is 2. The SMILES string of the molecule is CC(C)[C@@H](NC(=O)Cc1cccs1)C(=O)N1CC[C@H](c2ccc(Cl)cc2)C(C)(C)C1. The van der Waals surface area contributed by atoms with Crippen molar-refractivity contribution in [2.24, 2.45) is 11.3 Å². The second-order valence-corrected chi connectivity index (χ2v) is 10.7. The molecule has 2 atom stereocenters. The summed E-state index contributed by atoms with van der Waals surface area (Å²) in [6, 6.07) is 11.4. The summed E-state index contributed by atoms with van der Waals surface area (Å²) in [5.41, 5.74) is 1.20. The molecule has 2 heterocycles. The number of benzene rings is 1. The van der Waals surface area contributed by atoms with Gasteiger partial charge in [-0.2, -0.15) is 0 Å². The van der Waals surface area contributed by atoms with E-state index in [1.54, 1.807) is 11.3 Å². The second-order valence-electron chi connectivity index (χ2n) is 9.19. The second kappa shape index (κ2) is 9.52. The van der Waals surface area contributed by atoms with Crippen LogP contribution in [0.15, 0.2) is 41.8 Å². The molecule has 30 heavy (non-hydrogen) atoms. The molecule has 0 unspecified atom stereocenters. The van der Waals surface area contributed by atoms with E-state index in [4.69, 9.17) is 11.6 Å². The molecule has 0 radical (unpaired) electrons. The standard InChI is InChI=1S/C24H31ClN2O2S/c1-16(2)22(26-21(28)14-19-6-5-13-30-19)23(29)27-12-11-20(24(3,4)15-27)17-7-9-18(25)10-8-17/h5-10,13,16,20,22H,11-12,14-15H2,1-4H3,(H,26,28)/t20-,22-/m1/s1. The van der Waals surface area contributed by atoms with Crippen LogP contribution in [0.2, 0.25) is 5.02 Å². The summed E-state index contributed by atoms with van der Waals surface area (Å²) < 4.78 is 0. The van der Waals surface area contributed by atoms with Crippen LogP contribution in [0.4, 0.5) is 0 Å². The van der Waals surface area contributed by atoms with Crippen LogP contribution in [0, 0.1) is 11.3 Å². The van der Waals surface area contributed by atoms with Crippen LogP contribution in [0.1, 0.15) is 50.5 Å². The van der Waals surface area contributed by atoms with Crippen molar-refractivity contribution in [2.45, 2.75) is 52.5 Å². The van der Waals surface area contributed by atoms with E-state index >= 15 is 0 Å². The fraction of sp³-hybridized carbons (Fsp3) is 0.500. The topological polar surface area (TPSA) is 49.4 Å². The van der Waals surface area contributed by atoms with Gasteiger partial charge in [0.05, 0.1) is 6.42 Å². The van der Waals surface area contributed by atoms with Gasteiger partial charge in [0.2, 0.25) is 11.8 Å². The van der Waals surface area contributed by atoms with E-state index in [1.807, 2.05) is 48.4 Å². The van der Waals surface area contributed by atoms with Crippen molar-refractivity contribution in [3.63, 3.8) is 0 Å². The molecule has 0 aliphatic carbocycles. The molecule has 1 saturated heterocycles. The highest BCUT2D eigenvalue weighted by Gasteiger charge is 2.40. The van der Waals surface area contributed by atoms with Gasteiger partial charge in [-0.15, -0.1) is 11.3 Å². The Morgan fingerprint density at radius 1 is 1.23 bits per heavy atom. The normalized spacial score (nSPS) is 19.5. The zero-order valence-electron chi connectivity index (χ0n) is 18.2. The van der Waals surface area contributed by atoms with Gasteiger partial charge in [0.1, 0.15) is 6.04 Å². The van der Waals surface area contributed by atoms with Gasteiger partial charge in [0.15, 0.2) is 0 Å². The van der Waals surface area contributed by atoms with E-state index in [0.29, 0.717) is 25.4 Å². The number of thiophene rings is 1. The third-order valence-corrected chi connectivity index (χ3v) is 7.11. The number of likely N-dealkylation sites (tertiary alicyclic amines) is 1. The van der Waals surface area contributed by atoms with Crippen LogP contribution in [-0.4, -0.2) is 35.8 Å². The molecular formula is C24H31ClN2O2S. The first-order valence-electron chi connectivity index (χ1n) is 10.5. The van der Waals surface area contributed by atoms with Gasteiger partial charge in [-0.1, -0.05) is 57.5 Å². The molecule has 0 saturated carbocycles. The van der Waals surface area contributed by atoms with Crippen molar-refractivity contribution < 1.29 is 9.59 Å². The summed E-state index contributed by atoms with van der Waals surface area (Å²) in [7, 11) is 0. The lowest BCUT2D eigenvalue weighted by Gasteiger charge is -2.45. The van der Waals surface area contributed by atoms with Gasteiger partial charge in [0.25, 0.3) is 0 Å². The number of rotatable bonds is 6. The van der Waals surface area contributed by atoms with E-state index in [0.717, 1.165) is 16.3 Å². The Kier molecular flexibility index (Phi) is 7.25. The predicted molar refractivity (Wildman–Crippen MR) is 124 cm³/mol. The van der Waals surface area contributed by atoms with Crippen molar-refractivity contribution in [3.8, 4) is 0 Å². The molecule has 1 N–H and O–H groups in total. The summed E-state index contributed by atoms with van der Waals surface area (Å²) in [5, 5.41) is 5.69. The minimum absolute atomic E-state index is 0.0205. The molecule has 162 valence electrons. The Labute approximate surface area is 188 Å². The van der Waals surface area contributed by atoms with E-state index < -0.39 is 6.04 Å². The van der Waals surface area contributed by atoms with Gasteiger partial charge >= 0.3 is 0 Å². The fourth-order valence-corrected chi connectivity index (χ4v) is 5.19. The maximum atomic E-state index is 13.3. The molecule has 0 spiro atoms. The lowest BCUT2D eigenvalue weighted by molar-refractivity contribution is -0.140. The molecule has 4 nitrogen and oxygen atoms in total. The first-order chi connectivity index (χ1) is 14.2. The van der Waals surface area contributed by atoms with Gasteiger partial charge in [-0.05, 0) is 52.8 Å². The third-order valence-electron chi connectivity index (χ3n) is 5.98. The highest BCUT2D eigenvalue weighted by Crippen LogP contribution is 2.42. The largest absolute Gasteiger partial charge is 0.344 e. The fourth-order valence-electron chi connectivity index (χ4n) is 4.36. The number of hydrogen-bond donors (Lipinski definition) is 1. The smallest absolute Gasteiger partial charge is 0.245 e. The Bertz CT molecular complexity index is 862. The van der Waals surface area contributed by atoms with Crippen LogP contribution < -0.4 is 5.32 Å². The van der Waals surface area contributed by atoms with Crippen molar-refractivity contribution in [3.05, 3.63) is 57.2 Å². The van der Waals surface area contributed by atoms with E-state index in [-0.39, 0.29) is 23.1 Å². The lowest BCUT2D eigenvalue weighted by atomic mass is 9.70. The molecule has 1 aromatic heterocycles. The molecular weight excluding hydrogens is 416 g/mol. The zero-order chi connectivity index (χ0) is 21.9. The number of halogens is 1. The summed E-state index contributed by atoms with van der Waals surface area (Å²) in [4.78, 5) is 28.8. The van der Waals surface area contributed by atoms with Crippen LogP contribution in [0.3, 0.4) is 0 Å². The number of nitrogens with one attached hydrogen (secondary N) is 1. The Morgan fingerprint density at radius 3 is 2.50 bits per heavy atom. The minimum Gasteiger partial charge on any atom is -0.344 e. The molecule has 1 aliphatic rings. The van der Waals surface area contributed by atoms with Gasteiger partial charge in [-0.25, -0.2) is 0 Å². The molecule has 0 bridgehead atoms. The molecule has 2 aromatic rings. The molecule has 3 rings (SSSR count). The Hall–Kier alpha value is -1.85. The first kappa shape index (κ1) is 22.8. The summed E-state index contributed by atoms with van der Waals surface area (Å²) in [5.74, 6) is 0.318. The van der Waals surface area contributed by atoms with Crippen LogP contribution in [0.25, 0.3) is 0 Å². The average molecular weight is 447 g/mol. The quantitative estimate of drug-likeness (QED) is 0.668. The van der Waals surface area contributed by atoms with E-state index in [1.165, 1.54) is 5.56 Å². The number of carbonyl (C=O) groups is 2. The Balaban J connectivity index is 1.67.